The highest BCUT2D eigenvalue weighted by molar-refractivity contribution is 5.38. The predicted octanol–water partition coefficient (Wildman–Crippen LogP) is 0.275. The van der Waals surface area contributed by atoms with Crippen LogP contribution in [0.4, 0.5) is 11.6 Å². The molecule has 6 heteroatoms. The van der Waals surface area contributed by atoms with Gasteiger partial charge in [0.15, 0.2) is 0 Å². The number of imidazole rings is 1. The maximum absolute atomic E-state index is 5.56. The predicted molar refractivity (Wildman–Crippen MR) is 59.7 cm³/mol. The summed E-state index contributed by atoms with van der Waals surface area (Å²) in [5, 5.41) is 0. The number of nitrogens with two attached hydrogens (primary N) is 1. The highest BCUT2D eigenvalue weighted by Gasteiger charge is 2.18. The SMILES string of the molecule is Nc1cnc(N2CCn3ccnc3C2)nc1. The number of fused-ring (bicyclic) bond motifs is 1. The third-order valence-corrected chi connectivity index (χ3v) is 2.69. The third kappa shape index (κ3) is 1.48. The summed E-state index contributed by atoms with van der Waals surface area (Å²) in [6.45, 7) is 2.56. The monoisotopic (exact) mass is 216 g/mol. The van der Waals surface area contributed by atoms with Crippen molar-refractivity contribution in [3.63, 3.8) is 0 Å². The number of aromatic nitrogens is 4. The number of anilines is 2. The Hall–Kier alpha value is -2.11. The molecule has 0 amide bonds. The molecule has 3 heterocycles. The summed E-state index contributed by atoms with van der Waals surface area (Å²) in [6, 6.07) is 0. The first-order valence-corrected chi connectivity index (χ1v) is 5.15. The van der Waals surface area contributed by atoms with Gasteiger partial charge in [0.2, 0.25) is 5.95 Å². The number of rotatable bonds is 1. The Morgan fingerprint density at radius 2 is 1.94 bits per heavy atom. The van der Waals surface area contributed by atoms with Gasteiger partial charge in [-0.1, -0.05) is 0 Å². The fourth-order valence-electron chi connectivity index (χ4n) is 1.84. The lowest BCUT2D eigenvalue weighted by Crippen LogP contribution is -2.34. The van der Waals surface area contributed by atoms with Crippen molar-refractivity contribution in [3.05, 3.63) is 30.6 Å². The molecule has 1 aliphatic heterocycles. The van der Waals surface area contributed by atoms with E-state index in [4.69, 9.17) is 5.73 Å². The highest BCUT2D eigenvalue weighted by atomic mass is 15.3. The number of nitrogen functional groups attached to an aromatic ring is 1. The average molecular weight is 216 g/mol. The Labute approximate surface area is 92.8 Å². The molecule has 0 saturated carbocycles. The molecule has 16 heavy (non-hydrogen) atoms. The summed E-state index contributed by atoms with van der Waals surface area (Å²) in [6.07, 6.45) is 7.08. The van der Waals surface area contributed by atoms with Crippen molar-refractivity contribution in [1.82, 2.24) is 19.5 Å². The molecule has 3 rings (SSSR count). The lowest BCUT2D eigenvalue weighted by atomic mass is 10.4. The summed E-state index contributed by atoms with van der Waals surface area (Å²) in [5.41, 5.74) is 6.14. The Morgan fingerprint density at radius 1 is 1.12 bits per heavy atom. The second kappa shape index (κ2) is 3.48. The third-order valence-electron chi connectivity index (χ3n) is 2.69. The van der Waals surface area contributed by atoms with Crippen molar-refractivity contribution in [2.45, 2.75) is 13.1 Å². The molecule has 2 aromatic rings. The summed E-state index contributed by atoms with van der Waals surface area (Å²) >= 11 is 0. The Morgan fingerprint density at radius 3 is 2.75 bits per heavy atom. The quantitative estimate of drug-likeness (QED) is 0.741. The van der Waals surface area contributed by atoms with Crippen LogP contribution in [-0.2, 0) is 13.1 Å². The van der Waals surface area contributed by atoms with Crippen LogP contribution in [-0.4, -0.2) is 26.1 Å². The zero-order chi connectivity index (χ0) is 11.0. The van der Waals surface area contributed by atoms with Crippen molar-refractivity contribution in [2.75, 3.05) is 17.2 Å². The normalized spacial score (nSPS) is 14.9. The van der Waals surface area contributed by atoms with Crippen molar-refractivity contribution < 1.29 is 0 Å². The van der Waals surface area contributed by atoms with E-state index < -0.39 is 0 Å². The minimum absolute atomic E-state index is 0.585. The van der Waals surface area contributed by atoms with Gasteiger partial charge < -0.3 is 15.2 Å². The van der Waals surface area contributed by atoms with Crippen LogP contribution in [0.15, 0.2) is 24.8 Å². The van der Waals surface area contributed by atoms with Gasteiger partial charge in [0.1, 0.15) is 5.82 Å². The van der Waals surface area contributed by atoms with Crippen molar-refractivity contribution in [2.24, 2.45) is 0 Å². The van der Waals surface area contributed by atoms with Gasteiger partial charge in [0.25, 0.3) is 0 Å². The molecule has 0 fully saturated rings. The van der Waals surface area contributed by atoms with Gasteiger partial charge in [-0.2, -0.15) is 0 Å². The summed E-state index contributed by atoms with van der Waals surface area (Å²) < 4.78 is 2.15. The molecule has 0 aliphatic carbocycles. The molecule has 0 saturated heterocycles. The lowest BCUT2D eigenvalue weighted by molar-refractivity contribution is 0.551. The van der Waals surface area contributed by atoms with Crippen molar-refractivity contribution in [3.8, 4) is 0 Å². The van der Waals surface area contributed by atoms with Gasteiger partial charge >= 0.3 is 0 Å². The molecule has 2 N–H and O–H groups in total. The summed E-state index contributed by atoms with van der Waals surface area (Å²) in [7, 11) is 0. The van der Waals surface area contributed by atoms with Crippen LogP contribution in [0.3, 0.4) is 0 Å². The van der Waals surface area contributed by atoms with Gasteiger partial charge in [-0.15, -0.1) is 0 Å². The maximum Gasteiger partial charge on any atom is 0.225 e. The fourth-order valence-corrected chi connectivity index (χ4v) is 1.84. The van der Waals surface area contributed by atoms with E-state index in [0.29, 0.717) is 11.6 Å². The minimum atomic E-state index is 0.585. The number of nitrogens with zero attached hydrogens (tertiary/aromatic N) is 5. The van der Waals surface area contributed by atoms with Gasteiger partial charge in [0, 0.05) is 25.5 Å². The van der Waals surface area contributed by atoms with Gasteiger partial charge in [-0.25, -0.2) is 15.0 Å². The first-order chi connectivity index (χ1) is 7.83. The molecule has 1 aliphatic rings. The molecule has 0 bridgehead atoms. The molecule has 0 aromatic carbocycles. The van der Waals surface area contributed by atoms with Gasteiger partial charge in [-0.05, 0) is 0 Å². The van der Waals surface area contributed by atoms with Crippen molar-refractivity contribution in [1.29, 1.82) is 0 Å². The molecular formula is C10H12N6. The smallest absolute Gasteiger partial charge is 0.225 e. The Balaban J connectivity index is 1.86. The van der Waals surface area contributed by atoms with E-state index in [2.05, 4.69) is 24.4 Å². The molecule has 0 unspecified atom stereocenters. The van der Waals surface area contributed by atoms with Crippen LogP contribution in [0.1, 0.15) is 5.82 Å². The summed E-state index contributed by atoms with van der Waals surface area (Å²) in [5.74, 6) is 1.76. The molecular weight excluding hydrogens is 204 g/mol. The van der Waals surface area contributed by atoms with E-state index in [1.54, 1.807) is 12.4 Å². The van der Waals surface area contributed by atoms with Crippen LogP contribution in [0, 0.1) is 0 Å². The Kier molecular flexibility index (Phi) is 1.99. The first kappa shape index (κ1) is 9.14. The molecule has 0 radical (unpaired) electrons. The van der Waals surface area contributed by atoms with E-state index in [9.17, 15) is 0 Å². The van der Waals surface area contributed by atoms with E-state index in [1.807, 2.05) is 12.4 Å². The second-order valence-corrected chi connectivity index (χ2v) is 3.77. The Bertz CT molecular complexity index is 488. The van der Waals surface area contributed by atoms with Crippen LogP contribution in [0.2, 0.25) is 0 Å². The molecule has 0 atom stereocenters. The zero-order valence-corrected chi connectivity index (χ0v) is 8.74. The highest BCUT2D eigenvalue weighted by Crippen LogP contribution is 2.15. The van der Waals surface area contributed by atoms with Crippen molar-refractivity contribution >= 4 is 11.6 Å². The number of hydrogen-bond donors (Lipinski definition) is 1. The minimum Gasteiger partial charge on any atom is -0.396 e. The van der Waals surface area contributed by atoms with Crippen LogP contribution in [0.25, 0.3) is 0 Å². The van der Waals surface area contributed by atoms with Crippen LogP contribution >= 0.6 is 0 Å². The average Bonchev–Trinajstić information content (AvgIpc) is 2.77. The van der Waals surface area contributed by atoms with Crippen LogP contribution < -0.4 is 10.6 Å². The molecule has 82 valence electrons. The van der Waals surface area contributed by atoms with Crippen LogP contribution in [0.5, 0.6) is 0 Å². The van der Waals surface area contributed by atoms with E-state index in [-0.39, 0.29) is 0 Å². The van der Waals surface area contributed by atoms with E-state index >= 15 is 0 Å². The zero-order valence-electron chi connectivity index (χ0n) is 8.74. The first-order valence-electron chi connectivity index (χ1n) is 5.15. The fraction of sp³-hybridized carbons (Fsp3) is 0.300. The topological polar surface area (TPSA) is 72.9 Å². The van der Waals surface area contributed by atoms with Gasteiger partial charge in [-0.3, -0.25) is 0 Å². The summed E-state index contributed by atoms with van der Waals surface area (Å²) in [4.78, 5) is 14.8. The maximum atomic E-state index is 5.56. The standard InChI is InChI=1S/C10H12N6/c11-8-5-13-10(14-6-8)16-4-3-15-2-1-12-9(15)7-16/h1-2,5-6H,3-4,7,11H2. The molecule has 2 aromatic heterocycles. The van der Waals surface area contributed by atoms with Gasteiger partial charge in [0.05, 0.1) is 24.6 Å². The lowest BCUT2D eigenvalue weighted by Gasteiger charge is -2.27. The largest absolute Gasteiger partial charge is 0.396 e. The van der Waals surface area contributed by atoms with E-state index in [0.717, 1.165) is 25.5 Å². The molecule has 6 nitrogen and oxygen atoms in total. The van der Waals surface area contributed by atoms with E-state index in [1.165, 1.54) is 0 Å². The molecule has 0 spiro atoms. The second-order valence-electron chi connectivity index (χ2n) is 3.77. The number of hydrogen-bond acceptors (Lipinski definition) is 5.